The van der Waals surface area contributed by atoms with Gasteiger partial charge in [0.15, 0.2) is 0 Å². The molecular weight excluding hydrogens is 326 g/mol. The minimum absolute atomic E-state index is 0.0462. The SMILES string of the molecule is CCCCOc1c(C(=O)c2c(F)cc(C)cc2F)cnc2c1C=NC2. The fraction of sp³-hybridized carbons (Fsp3) is 0.316. The van der Waals surface area contributed by atoms with E-state index in [9.17, 15) is 13.6 Å². The Kier molecular flexibility index (Phi) is 4.88. The number of ketones is 1. The average molecular weight is 344 g/mol. The molecule has 2 heterocycles. The second-order valence-corrected chi connectivity index (χ2v) is 5.97. The lowest BCUT2D eigenvalue weighted by molar-refractivity contribution is 0.102. The number of rotatable bonds is 6. The predicted molar refractivity (Wildman–Crippen MR) is 90.5 cm³/mol. The maximum atomic E-state index is 14.2. The Labute approximate surface area is 144 Å². The highest BCUT2D eigenvalue weighted by Crippen LogP contribution is 2.31. The number of carbonyl (C=O) groups excluding carboxylic acids is 1. The van der Waals surface area contributed by atoms with Gasteiger partial charge in [-0.2, -0.15) is 0 Å². The van der Waals surface area contributed by atoms with E-state index in [0.29, 0.717) is 35.7 Å². The van der Waals surface area contributed by atoms with Crippen LogP contribution in [0.2, 0.25) is 0 Å². The number of fused-ring (bicyclic) bond motifs is 1. The lowest BCUT2D eigenvalue weighted by Gasteiger charge is -2.14. The zero-order chi connectivity index (χ0) is 18.0. The summed E-state index contributed by atoms with van der Waals surface area (Å²) in [5, 5.41) is 0. The van der Waals surface area contributed by atoms with Crippen LogP contribution in [0.25, 0.3) is 0 Å². The highest BCUT2D eigenvalue weighted by Gasteiger charge is 2.27. The fourth-order valence-electron chi connectivity index (χ4n) is 2.72. The molecule has 1 aliphatic rings. The third-order valence-corrected chi connectivity index (χ3v) is 4.01. The number of aliphatic imine (C=N–C) groups is 1. The van der Waals surface area contributed by atoms with Crippen molar-refractivity contribution in [3.8, 4) is 5.75 Å². The Morgan fingerprint density at radius 2 is 2.00 bits per heavy atom. The van der Waals surface area contributed by atoms with Gasteiger partial charge in [0, 0.05) is 12.4 Å². The first kappa shape index (κ1) is 17.2. The number of ether oxygens (including phenoxy) is 1. The van der Waals surface area contributed by atoms with Crippen molar-refractivity contribution < 1.29 is 18.3 Å². The summed E-state index contributed by atoms with van der Waals surface area (Å²) in [5.41, 5.74) is 1.15. The molecule has 0 amide bonds. The van der Waals surface area contributed by atoms with Crippen molar-refractivity contribution >= 4 is 12.0 Å². The molecule has 0 aliphatic carbocycles. The molecule has 0 atom stereocenters. The first-order valence-corrected chi connectivity index (χ1v) is 8.17. The molecule has 1 aliphatic heterocycles. The molecule has 25 heavy (non-hydrogen) atoms. The summed E-state index contributed by atoms with van der Waals surface area (Å²) in [6.45, 7) is 4.39. The number of carbonyl (C=O) groups is 1. The van der Waals surface area contributed by atoms with Crippen molar-refractivity contribution in [3.63, 3.8) is 0 Å². The van der Waals surface area contributed by atoms with Crippen molar-refractivity contribution in [2.75, 3.05) is 6.61 Å². The second-order valence-electron chi connectivity index (χ2n) is 5.97. The topological polar surface area (TPSA) is 51.5 Å². The van der Waals surface area contributed by atoms with E-state index in [1.807, 2.05) is 6.92 Å². The molecule has 0 fully saturated rings. The zero-order valence-electron chi connectivity index (χ0n) is 14.1. The maximum absolute atomic E-state index is 14.2. The van der Waals surface area contributed by atoms with Crippen LogP contribution < -0.4 is 4.74 Å². The van der Waals surface area contributed by atoms with Crippen LogP contribution in [-0.2, 0) is 6.54 Å². The number of hydrogen-bond donors (Lipinski definition) is 0. The van der Waals surface area contributed by atoms with Gasteiger partial charge >= 0.3 is 0 Å². The van der Waals surface area contributed by atoms with E-state index in [4.69, 9.17) is 4.74 Å². The average Bonchev–Trinajstić information content (AvgIpc) is 3.03. The van der Waals surface area contributed by atoms with Gasteiger partial charge in [-0.1, -0.05) is 13.3 Å². The molecule has 0 N–H and O–H groups in total. The summed E-state index contributed by atoms with van der Waals surface area (Å²) >= 11 is 0. The van der Waals surface area contributed by atoms with Crippen molar-refractivity contribution in [1.82, 2.24) is 4.98 Å². The Morgan fingerprint density at radius 3 is 2.68 bits per heavy atom. The lowest BCUT2D eigenvalue weighted by atomic mass is 9.99. The molecule has 6 heteroatoms. The normalized spacial score (nSPS) is 12.3. The minimum Gasteiger partial charge on any atom is -0.492 e. The summed E-state index contributed by atoms with van der Waals surface area (Å²) < 4.78 is 34.2. The van der Waals surface area contributed by atoms with E-state index >= 15 is 0 Å². The van der Waals surface area contributed by atoms with Crippen LogP contribution in [0.3, 0.4) is 0 Å². The summed E-state index contributed by atoms with van der Waals surface area (Å²) in [5.74, 6) is -2.27. The van der Waals surface area contributed by atoms with Gasteiger partial charge in [0.2, 0.25) is 5.78 Å². The van der Waals surface area contributed by atoms with Crippen LogP contribution >= 0.6 is 0 Å². The molecule has 2 aromatic rings. The molecule has 0 saturated heterocycles. The van der Waals surface area contributed by atoms with E-state index in [-0.39, 0.29) is 5.56 Å². The van der Waals surface area contributed by atoms with Crippen molar-refractivity contribution in [3.05, 3.63) is 57.9 Å². The van der Waals surface area contributed by atoms with Crippen LogP contribution in [-0.4, -0.2) is 23.6 Å². The molecule has 3 rings (SSSR count). The Hall–Kier alpha value is -2.63. The lowest BCUT2D eigenvalue weighted by Crippen LogP contribution is -2.13. The minimum atomic E-state index is -0.892. The maximum Gasteiger partial charge on any atom is 0.204 e. The van der Waals surface area contributed by atoms with E-state index < -0.39 is 23.0 Å². The van der Waals surface area contributed by atoms with E-state index in [0.717, 1.165) is 25.0 Å². The summed E-state index contributed by atoms with van der Waals surface area (Å²) in [6.07, 6.45) is 4.62. The van der Waals surface area contributed by atoms with Gasteiger partial charge in [0.1, 0.15) is 17.4 Å². The molecule has 0 saturated carbocycles. The highest BCUT2D eigenvalue weighted by molar-refractivity contribution is 6.12. The van der Waals surface area contributed by atoms with Gasteiger partial charge in [0.05, 0.1) is 35.5 Å². The highest BCUT2D eigenvalue weighted by atomic mass is 19.1. The molecule has 0 radical (unpaired) electrons. The van der Waals surface area contributed by atoms with Gasteiger partial charge in [-0.05, 0) is 31.0 Å². The summed E-state index contributed by atoms with van der Waals surface area (Å²) in [7, 11) is 0. The molecule has 1 aromatic carbocycles. The molecule has 0 spiro atoms. The third-order valence-electron chi connectivity index (χ3n) is 4.01. The second kappa shape index (κ2) is 7.09. The Balaban J connectivity index is 2.08. The van der Waals surface area contributed by atoms with Crippen LogP contribution in [0.4, 0.5) is 8.78 Å². The number of halogens is 2. The van der Waals surface area contributed by atoms with Gasteiger partial charge in [0.25, 0.3) is 0 Å². The number of pyridine rings is 1. The van der Waals surface area contributed by atoms with Gasteiger partial charge in [-0.15, -0.1) is 0 Å². The molecule has 4 nitrogen and oxygen atoms in total. The fourth-order valence-corrected chi connectivity index (χ4v) is 2.72. The standard InChI is InChI=1S/C19H18F2N2O2/c1-3-4-5-25-19-12-8-22-10-16(12)23-9-13(19)18(24)17-14(20)6-11(2)7-15(17)21/h6-9H,3-5,10H2,1-2H3. The Morgan fingerprint density at radius 1 is 1.28 bits per heavy atom. The quantitative estimate of drug-likeness (QED) is 0.588. The van der Waals surface area contributed by atoms with Gasteiger partial charge in [-0.3, -0.25) is 14.8 Å². The summed E-state index contributed by atoms with van der Waals surface area (Å²) in [4.78, 5) is 21.1. The third kappa shape index (κ3) is 3.29. The number of nitrogens with zero attached hydrogens (tertiary/aromatic N) is 2. The largest absolute Gasteiger partial charge is 0.492 e. The summed E-state index contributed by atoms with van der Waals surface area (Å²) in [6, 6.07) is 2.27. The first-order chi connectivity index (χ1) is 12.0. The molecular formula is C19H18F2N2O2. The van der Waals surface area contributed by atoms with Crippen molar-refractivity contribution in [2.24, 2.45) is 4.99 Å². The van der Waals surface area contributed by atoms with Crippen LogP contribution in [0.5, 0.6) is 5.75 Å². The van der Waals surface area contributed by atoms with E-state index in [1.165, 1.54) is 6.20 Å². The van der Waals surface area contributed by atoms with Gasteiger partial charge < -0.3 is 4.74 Å². The first-order valence-electron chi connectivity index (χ1n) is 8.17. The number of unbranched alkanes of at least 4 members (excludes halogenated alkanes) is 1. The molecule has 0 unspecified atom stereocenters. The number of hydrogen-bond acceptors (Lipinski definition) is 4. The molecule has 1 aromatic heterocycles. The monoisotopic (exact) mass is 344 g/mol. The van der Waals surface area contributed by atoms with Crippen molar-refractivity contribution in [2.45, 2.75) is 33.2 Å². The smallest absolute Gasteiger partial charge is 0.204 e. The molecule has 130 valence electrons. The van der Waals surface area contributed by atoms with Crippen LogP contribution in [0, 0.1) is 18.6 Å². The van der Waals surface area contributed by atoms with E-state index in [1.54, 1.807) is 13.1 Å². The van der Waals surface area contributed by atoms with Crippen LogP contribution in [0.15, 0.2) is 23.3 Å². The number of benzene rings is 1. The van der Waals surface area contributed by atoms with Gasteiger partial charge in [-0.25, -0.2) is 8.78 Å². The predicted octanol–water partition coefficient (Wildman–Crippen LogP) is 4.01. The Bertz CT molecular complexity index is 840. The van der Waals surface area contributed by atoms with E-state index in [2.05, 4.69) is 9.98 Å². The molecule has 0 bridgehead atoms. The van der Waals surface area contributed by atoms with Crippen molar-refractivity contribution in [1.29, 1.82) is 0 Å². The number of aromatic nitrogens is 1. The van der Waals surface area contributed by atoms with Crippen LogP contribution in [0.1, 0.15) is 52.5 Å². The zero-order valence-corrected chi connectivity index (χ0v) is 14.1. The number of aryl methyl sites for hydroxylation is 1.